The lowest BCUT2D eigenvalue weighted by Crippen LogP contribution is -2.23. The Labute approximate surface area is 158 Å². The third-order valence-electron chi connectivity index (χ3n) is 3.62. The molecule has 8 heteroatoms. The molecule has 2 aromatic rings. The number of amides is 1. The number of benzene rings is 2. The average molecular weight is 390 g/mol. The topological polar surface area (TPSA) is 102 Å². The van der Waals surface area contributed by atoms with E-state index in [1.54, 1.807) is 6.92 Å². The van der Waals surface area contributed by atoms with Gasteiger partial charge in [-0.05, 0) is 36.8 Å². The Morgan fingerprint density at radius 3 is 2.26 bits per heavy atom. The predicted molar refractivity (Wildman–Crippen MR) is 101 cm³/mol. The Bertz CT molecular complexity index is 865. The lowest BCUT2D eigenvalue weighted by atomic mass is 10.2. The number of carbonyl (C=O) groups is 2. The van der Waals surface area contributed by atoms with E-state index in [9.17, 15) is 18.0 Å². The number of anilines is 1. The molecule has 0 aliphatic carbocycles. The first kappa shape index (κ1) is 20.6. The molecule has 0 bridgehead atoms. The number of nitrogens with one attached hydrogen (secondary N) is 2. The van der Waals surface area contributed by atoms with Gasteiger partial charge in [0.05, 0.1) is 17.9 Å². The molecule has 7 nitrogen and oxygen atoms in total. The van der Waals surface area contributed by atoms with Gasteiger partial charge >= 0.3 is 5.97 Å². The largest absolute Gasteiger partial charge is 0.466 e. The summed E-state index contributed by atoms with van der Waals surface area (Å²) in [5.74, 6) is -0.778. The van der Waals surface area contributed by atoms with E-state index in [4.69, 9.17) is 4.74 Å². The summed E-state index contributed by atoms with van der Waals surface area (Å²) in [6.07, 6.45) is -0.00689. The highest BCUT2D eigenvalue weighted by Crippen LogP contribution is 2.15. The highest BCUT2D eigenvalue weighted by molar-refractivity contribution is 7.89. The molecule has 0 aliphatic rings. The molecule has 0 aliphatic heterocycles. The number of ether oxygens (including phenoxy) is 1. The lowest BCUT2D eigenvalue weighted by Gasteiger charge is -2.09. The second kappa shape index (κ2) is 9.84. The summed E-state index contributed by atoms with van der Waals surface area (Å²) in [5.41, 5.74) is 1.30. The van der Waals surface area contributed by atoms with E-state index in [1.807, 2.05) is 30.3 Å². The summed E-state index contributed by atoms with van der Waals surface area (Å²) < 4.78 is 31.9. The maximum atomic E-state index is 12.3. The van der Waals surface area contributed by atoms with Gasteiger partial charge in [-0.3, -0.25) is 9.59 Å². The number of rotatable bonds is 9. The van der Waals surface area contributed by atoms with E-state index in [0.29, 0.717) is 5.69 Å². The molecule has 2 N–H and O–H groups in total. The van der Waals surface area contributed by atoms with E-state index < -0.39 is 16.0 Å². The minimum absolute atomic E-state index is 0.00247. The Morgan fingerprint density at radius 2 is 1.63 bits per heavy atom. The van der Waals surface area contributed by atoms with Crippen LogP contribution in [0.3, 0.4) is 0 Å². The zero-order chi connectivity index (χ0) is 19.7. The van der Waals surface area contributed by atoms with Gasteiger partial charge in [0.25, 0.3) is 0 Å². The van der Waals surface area contributed by atoms with E-state index in [2.05, 4.69) is 10.0 Å². The Morgan fingerprint density at radius 1 is 0.963 bits per heavy atom. The minimum atomic E-state index is -3.66. The monoisotopic (exact) mass is 390 g/mol. The van der Waals surface area contributed by atoms with Crippen molar-refractivity contribution < 1.29 is 22.7 Å². The SMILES string of the molecule is CCOC(=O)CCC(=O)Nc1ccc(S(=O)(=O)NCc2ccccc2)cc1. The molecule has 0 saturated carbocycles. The summed E-state index contributed by atoms with van der Waals surface area (Å²) in [4.78, 5) is 23.2. The number of sulfonamides is 1. The van der Waals surface area contributed by atoms with Crippen LogP contribution in [0, 0.1) is 0 Å². The normalized spacial score (nSPS) is 11.0. The molecule has 1 amide bonds. The van der Waals surface area contributed by atoms with Crippen LogP contribution < -0.4 is 10.0 Å². The van der Waals surface area contributed by atoms with Crippen molar-refractivity contribution in [3.05, 3.63) is 60.2 Å². The second-order valence-electron chi connectivity index (χ2n) is 5.69. The predicted octanol–water partition coefficient (Wildman–Crippen LogP) is 2.45. The molecule has 0 unspecified atom stereocenters. The molecule has 0 atom stereocenters. The van der Waals surface area contributed by atoms with Crippen molar-refractivity contribution in [3.63, 3.8) is 0 Å². The van der Waals surface area contributed by atoms with Gasteiger partial charge in [-0.15, -0.1) is 0 Å². The molecule has 27 heavy (non-hydrogen) atoms. The van der Waals surface area contributed by atoms with Gasteiger partial charge in [0.15, 0.2) is 0 Å². The summed E-state index contributed by atoms with van der Waals surface area (Å²) in [6.45, 7) is 2.16. The summed E-state index contributed by atoms with van der Waals surface area (Å²) >= 11 is 0. The fraction of sp³-hybridized carbons (Fsp3) is 0.263. The third kappa shape index (κ3) is 6.84. The van der Waals surface area contributed by atoms with Crippen LogP contribution in [0.25, 0.3) is 0 Å². The zero-order valence-electron chi connectivity index (χ0n) is 15.0. The van der Waals surface area contributed by atoms with Crippen molar-refractivity contribution in [2.75, 3.05) is 11.9 Å². The Balaban J connectivity index is 1.89. The van der Waals surface area contributed by atoms with Gasteiger partial charge in [-0.1, -0.05) is 30.3 Å². The standard InChI is InChI=1S/C19H22N2O5S/c1-2-26-19(23)13-12-18(22)21-16-8-10-17(11-9-16)27(24,25)20-14-15-6-4-3-5-7-15/h3-11,20H,2,12-14H2,1H3,(H,21,22). The smallest absolute Gasteiger partial charge is 0.306 e. The van der Waals surface area contributed by atoms with E-state index in [0.717, 1.165) is 5.56 Å². The van der Waals surface area contributed by atoms with Gasteiger partial charge in [0.1, 0.15) is 0 Å². The maximum absolute atomic E-state index is 12.3. The fourth-order valence-corrected chi connectivity index (χ4v) is 3.26. The molecule has 2 aromatic carbocycles. The van der Waals surface area contributed by atoms with E-state index >= 15 is 0 Å². The van der Waals surface area contributed by atoms with Crippen molar-refractivity contribution in [2.45, 2.75) is 31.2 Å². The van der Waals surface area contributed by atoms with Crippen molar-refractivity contribution in [1.82, 2.24) is 4.72 Å². The van der Waals surface area contributed by atoms with Crippen LogP contribution in [-0.4, -0.2) is 26.9 Å². The molecular weight excluding hydrogens is 368 g/mol. The highest BCUT2D eigenvalue weighted by Gasteiger charge is 2.14. The van der Waals surface area contributed by atoms with Crippen molar-refractivity contribution >= 4 is 27.6 Å². The summed E-state index contributed by atoms with van der Waals surface area (Å²) in [7, 11) is -3.66. The van der Waals surface area contributed by atoms with Crippen LogP contribution in [0.4, 0.5) is 5.69 Å². The highest BCUT2D eigenvalue weighted by atomic mass is 32.2. The molecule has 0 fully saturated rings. The third-order valence-corrected chi connectivity index (χ3v) is 5.04. The molecule has 2 rings (SSSR count). The molecule has 0 spiro atoms. The van der Waals surface area contributed by atoms with Gasteiger partial charge in [-0.25, -0.2) is 13.1 Å². The number of hydrogen-bond donors (Lipinski definition) is 2. The number of esters is 1. The minimum Gasteiger partial charge on any atom is -0.466 e. The second-order valence-corrected chi connectivity index (χ2v) is 7.45. The Kier molecular flexibility index (Phi) is 7.51. The van der Waals surface area contributed by atoms with Gasteiger partial charge in [0.2, 0.25) is 15.9 Å². The zero-order valence-corrected chi connectivity index (χ0v) is 15.8. The van der Waals surface area contributed by atoms with Crippen molar-refractivity contribution in [1.29, 1.82) is 0 Å². The first-order valence-electron chi connectivity index (χ1n) is 8.50. The fourth-order valence-electron chi connectivity index (χ4n) is 2.25. The van der Waals surface area contributed by atoms with Crippen LogP contribution in [0.2, 0.25) is 0 Å². The first-order chi connectivity index (χ1) is 12.9. The van der Waals surface area contributed by atoms with Crippen molar-refractivity contribution in [2.24, 2.45) is 0 Å². The molecule has 0 saturated heterocycles. The van der Waals surface area contributed by atoms with Crippen LogP contribution in [-0.2, 0) is 30.9 Å². The van der Waals surface area contributed by atoms with Crippen LogP contribution in [0.15, 0.2) is 59.5 Å². The maximum Gasteiger partial charge on any atom is 0.306 e. The average Bonchev–Trinajstić information content (AvgIpc) is 2.66. The van der Waals surface area contributed by atoms with Gasteiger partial charge in [-0.2, -0.15) is 0 Å². The first-order valence-corrected chi connectivity index (χ1v) is 9.98. The van der Waals surface area contributed by atoms with E-state index in [-0.39, 0.29) is 36.8 Å². The van der Waals surface area contributed by atoms with Crippen LogP contribution in [0.5, 0.6) is 0 Å². The van der Waals surface area contributed by atoms with Gasteiger partial charge in [0, 0.05) is 18.7 Å². The van der Waals surface area contributed by atoms with E-state index in [1.165, 1.54) is 24.3 Å². The summed E-state index contributed by atoms with van der Waals surface area (Å²) in [5, 5.41) is 2.61. The molecule has 0 heterocycles. The van der Waals surface area contributed by atoms with Crippen LogP contribution in [0.1, 0.15) is 25.3 Å². The molecular formula is C19H22N2O5S. The molecule has 144 valence electrons. The lowest BCUT2D eigenvalue weighted by molar-refractivity contribution is -0.144. The quantitative estimate of drug-likeness (QED) is 0.641. The summed E-state index contributed by atoms with van der Waals surface area (Å²) in [6, 6.07) is 15.0. The van der Waals surface area contributed by atoms with Gasteiger partial charge < -0.3 is 10.1 Å². The molecule has 0 aromatic heterocycles. The van der Waals surface area contributed by atoms with Crippen LogP contribution >= 0.6 is 0 Å². The Hall–Kier alpha value is -2.71. The number of hydrogen-bond acceptors (Lipinski definition) is 5. The molecule has 0 radical (unpaired) electrons. The number of carbonyl (C=O) groups excluding carboxylic acids is 2. The van der Waals surface area contributed by atoms with Crippen molar-refractivity contribution in [3.8, 4) is 0 Å².